The molecule has 33 heavy (non-hydrogen) atoms. The molecule has 0 unspecified atom stereocenters. The van der Waals surface area contributed by atoms with E-state index in [1.165, 1.54) is 5.56 Å². The maximum atomic E-state index is 12.6. The van der Waals surface area contributed by atoms with Gasteiger partial charge in [-0.05, 0) is 57.4 Å². The van der Waals surface area contributed by atoms with Crippen LogP contribution in [0.2, 0.25) is 0 Å². The molecule has 0 saturated carbocycles. The predicted molar refractivity (Wildman–Crippen MR) is 131 cm³/mol. The van der Waals surface area contributed by atoms with Gasteiger partial charge in [-0.1, -0.05) is 42.0 Å². The van der Waals surface area contributed by atoms with Crippen molar-refractivity contribution < 1.29 is 9.59 Å². The van der Waals surface area contributed by atoms with Crippen molar-refractivity contribution in [1.82, 2.24) is 14.8 Å². The van der Waals surface area contributed by atoms with E-state index in [1.807, 2.05) is 37.3 Å². The number of carbonyl (C=O) groups excluding carboxylic acids is 2. The van der Waals surface area contributed by atoms with Gasteiger partial charge in [0.05, 0.1) is 11.2 Å². The normalized spacial score (nSPS) is 11.0. The summed E-state index contributed by atoms with van der Waals surface area (Å²) in [6.45, 7) is 8.08. The number of pyridine rings is 1. The number of hydrogen-bond acceptors (Lipinski definition) is 4. The molecule has 168 valence electrons. The smallest absolute Gasteiger partial charge is 0.225 e. The van der Waals surface area contributed by atoms with Crippen molar-refractivity contribution in [1.29, 1.82) is 0 Å². The molecule has 4 rings (SSSR count). The molecule has 2 aromatic heterocycles. The van der Waals surface area contributed by atoms with Crippen LogP contribution in [0.3, 0.4) is 0 Å². The van der Waals surface area contributed by atoms with Gasteiger partial charge in [-0.2, -0.15) is 9.78 Å². The van der Waals surface area contributed by atoms with Crippen molar-refractivity contribution in [3.63, 3.8) is 0 Å². The van der Waals surface area contributed by atoms with E-state index in [0.29, 0.717) is 30.0 Å². The minimum Gasteiger partial charge on any atom is -0.311 e. The minimum absolute atomic E-state index is 0.0470. The van der Waals surface area contributed by atoms with E-state index in [4.69, 9.17) is 4.98 Å². The number of anilines is 1. The monoisotopic (exact) mass is 440 g/mol. The summed E-state index contributed by atoms with van der Waals surface area (Å²) in [5.74, 6) is 1.13. The van der Waals surface area contributed by atoms with Crippen molar-refractivity contribution >= 4 is 28.4 Å². The highest BCUT2D eigenvalue weighted by molar-refractivity contribution is 5.96. The lowest BCUT2D eigenvalue weighted by atomic mass is 10.0. The quantitative estimate of drug-likeness (QED) is 0.377. The van der Waals surface area contributed by atoms with Crippen LogP contribution in [-0.4, -0.2) is 26.5 Å². The number of carbonyl (C=O) groups is 2. The second kappa shape index (κ2) is 9.36. The van der Waals surface area contributed by atoms with Crippen LogP contribution in [0.15, 0.2) is 54.6 Å². The molecule has 0 fully saturated rings. The summed E-state index contributed by atoms with van der Waals surface area (Å²) in [6.07, 6.45) is 1.07. The number of fused-ring (bicyclic) bond motifs is 1. The van der Waals surface area contributed by atoms with Crippen molar-refractivity contribution in [2.24, 2.45) is 0 Å². The van der Waals surface area contributed by atoms with E-state index in [9.17, 15) is 9.59 Å². The van der Waals surface area contributed by atoms with Crippen molar-refractivity contribution in [2.75, 3.05) is 5.32 Å². The maximum Gasteiger partial charge on any atom is 0.225 e. The number of aromatic nitrogens is 3. The zero-order valence-corrected chi connectivity index (χ0v) is 19.5. The van der Waals surface area contributed by atoms with Gasteiger partial charge >= 0.3 is 0 Å². The number of benzene rings is 2. The van der Waals surface area contributed by atoms with Crippen LogP contribution in [0, 0.1) is 27.7 Å². The fourth-order valence-electron chi connectivity index (χ4n) is 4.08. The van der Waals surface area contributed by atoms with Crippen molar-refractivity contribution in [3.8, 4) is 5.82 Å². The number of aryl methyl sites for hydroxylation is 4. The third-order valence-corrected chi connectivity index (χ3v) is 5.66. The maximum absolute atomic E-state index is 12.6. The molecule has 6 nitrogen and oxygen atoms in total. The van der Waals surface area contributed by atoms with Crippen LogP contribution in [0.25, 0.3) is 16.7 Å². The molecule has 0 aliphatic heterocycles. The lowest BCUT2D eigenvalue weighted by Gasteiger charge is -2.12. The third-order valence-electron chi connectivity index (χ3n) is 5.66. The Labute approximate surface area is 193 Å². The Kier molecular flexibility index (Phi) is 6.36. The number of amides is 1. The van der Waals surface area contributed by atoms with E-state index in [2.05, 4.69) is 43.3 Å². The summed E-state index contributed by atoms with van der Waals surface area (Å²) in [6, 6.07) is 17.2. The lowest BCUT2D eigenvalue weighted by molar-refractivity contribution is -0.116. The van der Waals surface area contributed by atoms with Crippen LogP contribution in [-0.2, 0) is 4.79 Å². The van der Waals surface area contributed by atoms with Gasteiger partial charge in [0.25, 0.3) is 0 Å². The van der Waals surface area contributed by atoms with Gasteiger partial charge in [0.2, 0.25) is 5.91 Å². The summed E-state index contributed by atoms with van der Waals surface area (Å²) in [7, 11) is 0. The largest absolute Gasteiger partial charge is 0.311 e. The minimum atomic E-state index is -0.152. The number of hydrogen-bond donors (Lipinski definition) is 1. The van der Waals surface area contributed by atoms with Gasteiger partial charge in [0, 0.05) is 29.9 Å². The fraction of sp³-hybridized carbons (Fsp3) is 0.259. The number of rotatable bonds is 7. The van der Waals surface area contributed by atoms with Gasteiger partial charge < -0.3 is 5.32 Å². The summed E-state index contributed by atoms with van der Waals surface area (Å²) in [4.78, 5) is 29.7. The Morgan fingerprint density at radius 1 is 0.909 bits per heavy atom. The van der Waals surface area contributed by atoms with Gasteiger partial charge in [0.1, 0.15) is 5.82 Å². The van der Waals surface area contributed by atoms with Crippen molar-refractivity contribution in [2.45, 2.75) is 47.0 Å². The van der Waals surface area contributed by atoms with Crippen LogP contribution < -0.4 is 5.32 Å². The first-order valence-corrected chi connectivity index (χ1v) is 11.2. The standard InChI is InChI=1S/C27H28N4O2/c1-17-13-19(3)27-22(14-17)18(2)15-24(29-27)31-25(16-20(4)30-31)28-26(33)12-8-11-23(32)21-9-6-5-7-10-21/h5-7,9-10,13-16H,8,11-12H2,1-4H3,(H,28,33). The van der Waals surface area contributed by atoms with Crippen molar-refractivity contribution in [3.05, 3.63) is 82.5 Å². The molecule has 2 aromatic carbocycles. The molecule has 0 spiro atoms. The number of Topliss-reactive ketones (excluding diaryl/α,β-unsaturated/α-hetero) is 1. The molecular weight excluding hydrogens is 412 g/mol. The first-order chi connectivity index (χ1) is 15.8. The zero-order valence-electron chi connectivity index (χ0n) is 19.5. The number of nitrogens with one attached hydrogen (secondary N) is 1. The second-order valence-corrected chi connectivity index (χ2v) is 8.55. The van der Waals surface area contributed by atoms with E-state index in [1.54, 1.807) is 16.8 Å². The highest BCUT2D eigenvalue weighted by Gasteiger charge is 2.15. The van der Waals surface area contributed by atoms with E-state index in [0.717, 1.165) is 27.7 Å². The summed E-state index contributed by atoms with van der Waals surface area (Å²) < 4.78 is 1.67. The van der Waals surface area contributed by atoms with Gasteiger partial charge in [-0.3, -0.25) is 9.59 Å². The van der Waals surface area contributed by atoms with E-state index in [-0.39, 0.29) is 18.1 Å². The summed E-state index contributed by atoms with van der Waals surface area (Å²) >= 11 is 0. The Bertz CT molecular complexity index is 1340. The van der Waals surface area contributed by atoms with Crippen LogP contribution >= 0.6 is 0 Å². The molecule has 0 aliphatic carbocycles. The highest BCUT2D eigenvalue weighted by Crippen LogP contribution is 2.26. The summed E-state index contributed by atoms with van der Waals surface area (Å²) in [5.41, 5.74) is 5.80. The Hall–Kier alpha value is -3.80. The molecule has 4 aromatic rings. The topological polar surface area (TPSA) is 76.9 Å². The zero-order chi connectivity index (χ0) is 23.5. The van der Waals surface area contributed by atoms with E-state index < -0.39 is 0 Å². The Morgan fingerprint density at radius 3 is 2.42 bits per heavy atom. The molecule has 0 atom stereocenters. The van der Waals surface area contributed by atoms with E-state index >= 15 is 0 Å². The van der Waals surface area contributed by atoms with Crippen LogP contribution in [0.4, 0.5) is 5.82 Å². The Balaban J connectivity index is 1.50. The molecule has 1 amide bonds. The lowest BCUT2D eigenvalue weighted by Crippen LogP contribution is -2.15. The summed E-state index contributed by atoms with van der Waals surface area (Å²) in [5, 5.41) is 8.63. The van der Waals surface area contributed by atoms with Gasteiger partial charge in [-0.25, -0.2) is 4.98 Å². The molecule has 6 heteroatoms. The molecular formula is C27H28N4O2. The molecule has 0 radical (unpaired) electrons. The fourth-order valence-corrected chi connectivity index (χ4v) is 4.08. The van der Waals surface area contributed by atoms with Crippen LogP contribution in [0.1, 0.15) is 52.0 Å². The Morgan fingerprint density at radius 2 is 1.67 bits per heavy atom. The second-order valence-electron chi connectivity index (χ2n) is 8.55. The van der Waals surface area contributed by atoms with Crippen LogP contribution in [0.5, 0.6) is 0 Å². The average Bonchev–Trinajstić information content (AvgIpc) is 3.14. The van der Waals surface area contributed by atoms with Gasteiger partial charge in [0.15, 0.2) is 11.6 Å². The molecule has 0 bridgehead atoms. The first-order valence-electron chi connectivity index (χ1n) is 11.2. The SMILES string of the molecule is Cc1cc(C)c2nc(-n3nc(C)cc3NC(=O)CCCC(=O)c3ccccc3)cc(C)c2c1. The predicted octanol–water partition coefficient (Wildman–Crippen LogP) is 5.65. The first kappa shape index (κ1) is 22.4. The molecule has 2 heterocycles. The average molecular weight is 441 g/mol. The van der Waals surface area contributed by atoms with Gasteiger partial charge in [-0.15, -0.1) is 0 Å². The number of ketones is 1. The molecule has 0 saturated heterocycles. The molecule has 1 N–H and O–H groups in total. The number of nitrogens with zero attached hydrogens (tertiary/aromatic N) is 3. The highest BCUT2D eigenvalue weighted by atomic mass is 16.1. The third kappa shape index (κ3) is 5.00. The molecule has 0 aliphatic rings.